The number of methoxy groups -OCH3 is 1. The molecule has 0 aliphatic carbocycles. The first-order valence-corrected chi connectivity index (χ1v) is 4.08. The number of rotatable bonds is 2. The molecule has 0 saturated carbocycles. The van der Waals surface area contributed by atoms with Gasteiger partial charge in [0.2, 0.25) is 4.33 Å². The van der Waals surface area contributed by atoms with Gasteiger partial charge in [-0.2, -0.15) is 0 Å². The molecule has 6 heteroatoms. The van der Waals surface area contributed by atoms with Gasteiger partial charge >= 0.3 is 5.97 Å². The molecular formula is C5H6Cl4O2. The van der Waals surface area contributed by atoms with Gasteiger partial charge in [0, 0.05) is 0 Å². The lowest BCUT2D eigenvalue weighted by atomic mass is 10.3. The van der Waals surface area contributed by atoms with Crippen LogP contribution >= 0.6 is 46.4 Å². The van der Waals surface area contributed by atoms with E-state index in [1.54, 1.807) is 0 Å². The summed E-state index contributed by atoms with van der Waals surface area (Å²) in [6.45, 7) is 1.30. The lowest BCUT2D eigenvalue weighted by Gasteiger charge is -2.25. The average Bonchev–Trinajstić information content (AvgIpc) is 1.83. The van der Waals surface area contributed by atoms with Gasteiger partial charge in [0.1, 0.15) is 0 Å². The first-order valence-electron chi connectivity index (χ1n) is 2.57. The SMILES string of the molecule is COC(=O)C(Cl)(Cl)C(C)(Cl)Cl. The van der Waals surface area contributed by atoms with Crippen LogP contribution in [0.5, 0.6) is 0 Å². The molecule has 0 spiro atoms. The van der Waals surface area contributed by atoms with Crippen molar-refractivity contribution in [1.82, 2.24) is 0 Å². The Labute approximate surface area is 84.7 Å². The highest BCUT2D eigenvalue weighted by Gasteiger charge is 2.51. The van der Waals surface area contributed by atoms with Crippen LogP contribution in [0.25, 0.3) is 0 Å². The summed E-state index contributed by atoms with van der Waals surface area (Å²) in [6.07, 6.45) is 0. The second kappa shape index (κ2) is 3.56. The number of ether oxygens (including phenoxy) is 1. The number of halogens is 4. The smallest absolute Gasteiger partial charge is 0.345 e. The first kappa shape index (κ1) is 11.6. The van der Waals surface area contributed by atoms with Crippen LogP contribution in [0.1, 0.15) is 6.92 Å². The molecule has 0 atom stereocenters. The van der Waals surface area contributed by atoms with Crippen LogP contribution in [0.2, 0.25) is 0 Å². The van der Waals surface area contributed by atoms with Crippen molar-refractivity contribution in [2.75, 3.05) is 7.11 Å². The zero-order valence-electron chi connectivity index (χ0n) is 5.83. The average molecular weight is 240 g/mol. The Morgan fingerprint density at radius 1 is 1.27 bits per heavy atom. The minimum Gasteiger partial charge on any atom is -0.467 e. The van der Waals surface area contributed by atoms with Crippen LogP contribution in [-0.2, 0) is 9.53 Å². The van der Waals surface area contributed by atoms with Crippen molar-refractivity contribution in [3.05, 3.63) is 0 Å². The molecule has 0 aromatic carbocycles. The zero-order valence-corrected chi connectivity index (χ0v) is 8.85. The van der Waals surface area contributed by atoms with E-state index in [4.69, 9.17) is 46.4 Å². The second-order valence-electron chi connectivity index (χ2n) is 1.95. The van der Waals surface area contributed by atoms with Crippen LogP contribution in [0.4, 0.5) is 0 Å². The maximum absolute atomic E-state index is 10.8. The van der Waals surface area contributed by atoms with Crippen LogP contribution in [-0.4, -0.2) is 21.7 Å². The third-order valence-electron chi connectivity index (χ3n) is 0.993. The Morgan fingerprint density at radius 2 is 1.64 bits per heavy atom. The summed E-state index contributed by atoms with van der Waals surface area (Å²) >= 11 is 22.0. The van der Waals surface area contributed by atoms with Crippen LogP contribution < -0.4 is 0 Å². The lowest BCUT2D eigenvalue weighted by molar-refractivity contribution is -0.141. The monoisotopic (exact) mass is 238 g/mol. The Kier molecular flexibility index (Phi) is 3.77. The topological polar surface area (TPSA) is 26.3 Å². The highest BCUT2D eigenvalue weighted by atomic mass is 35.5. The van der Waals surface area contributed by atoms with Gasteiger partial charge < -0.3 is 4.74 Å². The molecule has 0 heterocycles. The van der Waals surface area contributed by atoms with Gasteiger partial charge in [-0.05, 0) is 6.92 Å². The molecule has 0 rings (SSSR count). The van der Waals surface area contributed by atoms with Gasteiger partial charge in [-0.15, -0.1) is 0 Å². The highest BCUT2D eigenvalue weighted by molar-refractivity contribution is 6.68. The van der Waals surface area contributed by atoms with Crippen molar-refractivity contribution < 1.29 is 9.53 Å². The fourth-order valence-corrected chi connectivity index (χ4v) is 0.616. The number of carbonyl (C=O) groups excluding carboxylic acids is 1. The predicted octanol–water partition coefficient (Wildman–Crippen LogP) is 2.53. The van der Waals surface area contributed by atoms with Gasteiger partial charge in [-0.1, -0.05) is 46.4 Å². The molecule has 0 aliphatic heterocycles. The van der Waals surface area contributed by atoms with Crippen molar-refractivity contribution in [1.29, 1.82) is 0 Å². The van der Waals surface area contributed by atoms with Crippen LogP contribution in [0, 0.1) is 0 Å². The van der Waals surface area contributed by atoms with Crippen LogP contribution in [0.3, 0.4) is 0 Å². The number of hydrogen-bond acceptors (Lipinski definition) is 2. The molecule has 0 aliphatic rings. The molecule has 0 aromatic heterocycles. The maximum atomic E-state index is 10.8. The fraction of sp³-hybridized carbons (Fsp3) is 0.800. The number of alkyl halides is 4. The van der Waals surface area contributed by atoms with Gasteiger partial charge in [0.25, 0.3) is 0 Å². The summed E-state index contributed by atoms with van der Waals surface area (Å²) in [5.41, 5.74) is 0. The van der Waals surface area contributed by atoms with E-state index in [0.29, 0.717) is 0 Å². The molecule has 0 radical (unpaired) electrons. The summed E-state index contributed by atoms with van der Waals surface area (Å²) in [5.74, 6) is -0.881. The number of hydrogen-bond donors (Lipinski definition) is 0. The molecule has 0 N–H and O–H groups in total. The summed E-state index contributed by atoms with van der Waals surface area (Å²) in [4.78, 5) is 10.8. The second-order valence-corrected chi connectivity index (χ2v) is 4.99. The lowest BCUT2D eigenvalue weighted by Crippen LogP contribution is -2.42. The molecule has 66 valence electrons. The van der Waals surface area contributed by atoms with Gasteiger partial charge in [0.15, 0.2) is 4.33 Å². The van der Waals surface area contributed by atoms with E-state index < -0.39 is 14.6 Å². The largest absolute Gasteiger partial charge is 0.467 e. The van der Waals surface area contributed by atoms with E-state index in [0.717, 1.165) is 7.11 Å². The molecule has 2 nitrogen and oxygen atoms in total. The number of esters is 1. The molecule has 11 heavy (non-hydrogen) atoms. The Bertz CT molecular complexity index is 160. The van der Waals surface area contributed by atoms with E-state index in [2.05, 4.69) is 4.74 Å². The van der Waals surface area contributed by atoms with E-state index in [1.807, 2.05) is 0 Å². The van der Waals surface area contributed by atoms with Crippen molar-refractivity contribution in [2.24, 2.45) is 0 Å². The van der Waals surface area contributed by atoms with Gasteiger partial charge in [0.05, 0.1) is 7.11 Å². The Hall–Kier alpha value is 0.630. The third kappa shape index (κ3) is 2.55. The van der Waals surface area contributed by atoms with E-state index in [9.17, 15) is 4.79 Å². The van der Waals surface area contributed by atoms with Crippen molar-refractivity contribution >= 4 is 52.4 Å². The normalized spacial score (nSPS) is 12.9. The third-order valence-corrected chi connectivity index (χ3v) is 3.01. The molecule has 0 amide bonds. The predicted molar refractivity (Wildman–Crippen MR) is 46.6 cm³/mol. The molecule has 0 fully saturated rings. The van der Waals surface area contributed by atoms with Crippen molar-refractivity contribution in [3.63, 3.8) is 0 Å². The zero-order chi connectivity index (χ0) is 9.28. The van der Waals surface area contributed by atoms with Gasteiger partial charge in [-0.25, -0.2) is 4.79 Å². The van der Waals surface area contributed by atoms with E-state index in [1.165, 1.54) is 6.92 Å². The Balaban J connectivity index is 4.59. The van der Waals surface area contributed by atoms with Crippen molar-refractivity contribution in [2.45, 2.75) is 15.6 Å². The minimum atomic E-state index is -1.94. The van der Waals surface area contributed by atoms with E-state index in [-0.39, 0.29) is 0 Å². The maximum Gasteiger partial charge on any atom is 0.345 e. The molecule has 0 saturated heterocycles. The first-order chi connectivity index (χ1) is 4.73. The number of carbonyl (C=O) groups is 1. The van der Waals surface area contributed by atoms with Crippen LogP contribution in [0.15, 0.2) is 0 Å². The van der Waals surface area contributed by atoms with Gasteiger partial charge in [-0.3, -0.25) is 0 Å². The standard InChI is InChI=1S/C5H6Cl4O2/c1-4(6,7)5(8,9)3(10)11-2/h1-2H3. The fourth-order valence-electron chi connectivity index (χ4n) is 0.307. The molecule has 0 aromatic rings. The summed E-state index contributed by atoms with van der Waals surface area (Å²) < 4.78 is 0.750. The summed E-state index contributed by atoms with van der Waals surface area (Å²) in [7, 11) is 1.14. The van der Waals surface area contributed by atoms with E-state index >= 15 is 0 Å². The molecule has 0 unspecified atom stereocenters. The minimum absolute atomic E-state index is 0.881. The summed E-state index contributed by atoms with van der Waals surface area (Å²) in [5, 5.41) is 0. The highest BCUT2D eigenvalue weighted by Crippen LogP contribution is 2.42. The summed E-state index contributed by atoms with van der Waals surface area (Å²) in [6, 6.07) is 0. The quantitative estimate of drug-likeness (QED) is 0.547. The molecular weight excluding hydrogens is 234 g/mol. The molecule has 0 bridgehead atoms. The Morgan fingerprint density at radius 3 is 1.73 bits per heavy atom. The van der Waals surface area contributed by atoms with Crippen molar-refractivity contribution in [3.8, 4) is 0 Å².